The molecule has 2 heterocycles. The Balaban J connectivity index is 1.63. The van der Waals surface area contributed by atoms with Crippen LogP contribution in [0.3, 0.4) is 0 Å². The fraction of sp³-hybridized carbons (Fsp3) is 0.211. The van der Waals surface area contributed by atoms with Gasteiger partial charge in [-0.3, -0.25) is 4.79 Å². The Morgan fingerprint density at radius 3 is 2.73 bits per heavy atom. The van der Waals surface area contributed by atoms with Gasteiger partial charge < -0.3 is 14.8 Å². The third-order valence-corrected chi connectivity index (χ3v) is 3.70. The molecule has 26 heavy (non-hydrogen) atoms. The number of aromatic nitrogens is 3. The zero-order valence-corrected chi connectivity index (χ0v) is 14.7. The molecule has 134 valence electrons. The first-order valence-electron chi connectivity index (χ1n) is 8.25. The molecular weight excluding hydrogens is 332 g/mol. The maximum absolute atomic E-state index is 12.3. The standard InChI is InChI=1S/C19H20N4O3/c1-3-26-18-12-14(8-10-20-18)13-21-19(24)17-9-11-23(22-17)15-4-6-16(25-2)7-5-15/h4-12H,3,13H2,1-2H3,(H,21,24). The van der Waals surface area contributed by atoms with E-state index in [0.717, 1.165) is 17.0 Å². The molecule has 7 heteroatoms. The molecule has 0 saturated carbocycles. The van der Waals surface area contributed by atoms with Crippen molar-refractivity contribution in [1.29, 1.82) is 0 Å². The number of benzene rings is 1. The lowest BCUT2D eigenvalue weighted by Crippen LogP contribution is -2.23. The zero-order chi connectivity index (χ0) is 18.4. The van der Waals surface area contributed by atoms with Crippen molar-refractivity contribution in [2.24, 2.45) is 0 Å². The maximum atomic E-state index is 12.3. The van der Waals surface area contributed by atoms with Crippen LogP contribution in [0.4, 0.5) is 0 Å². The van der Waals surface area contributed by atoms with Gasteiger partial charge in [-0.2, -0.15) is 5.10 Å². The van der Waals surface area contributed by atoms with Crippen LogP contribution in [0.1, 0.15) is 23.0 Å². The largest absolute Gasteiger partial charge is 0.497 e. The third kappa shape index (κ3) is 4.18. The van der Waals surface area contributed by atoms with E-state index in [1.807, 2.05) is 37.3 Å². The van der Waals surface area contributed by atoms with Crippen LogP contribution in [0.25, 0.3) is 5.69 Å². The summed E-state index contributed by atoms with van der Waals surface area (Å²) in [4.78, 5) is 16.4. The summed E-state index contributed by atoms with van der Waals surface area (Å²) in [5, 5.41) is 7.17. The lowest BCUT2D eigenvalue weighted by molar-refractivity contribution is 0.0945. The predicted molar refractivity (Wildman–Crippen MR) is 96.7 cm³/mol. The van der Waals surface area contributed by atoms with Crippen LogP contribution in [0.5, 0.6) is 11.6 Å². The number of rotatable bonds is 7. The van der Waals surface area contributed by atoms with E-state index in [9.17, 15) is 4.79 Å². The van der Waals surface area contributed by atoms with Gasteiger partial charge in [0.2, 0.25) is 5.88 Å². The molecule has 0 radical (unpaired) electrons. The van der Waals surface area contributed by atoms with Crippen molar-refractivity contribution in [3.8, 4) is 17.3 Å². The minimum atomic E-state index is -0.243. The molecule has 0 bridgehead atoms. The molecule has 1 aromatic carbocycles. The Morgan fingerprint density at radius 2 is 2.00 bits per heavy atom. The minimum absolute atomic E-state index is 0.243. The Labute approximate surface area is 151 Å². The van der Waals surface area contributed by atoms with Crippen LogP contribution in [0.2, 0.25) is 0 Å². The third-order valence-electron chi connectivity index (χ3n) is 3.70. The number of nitrogens with zero attached hydrogens (tertiary/aromatic N) is 3. The van der Waals surface area contributed by atoms with Crippen LogP contribution < -0.4 is 14.8 Å². The Morgan fingerprint density at radius 1 is 1.19 bits per heavy atom. The quantitative estimate of drug-likeness (QED) is 0.707. The van der Waals surface area contributed by atoms with Gasteiger partial charge in [0.05, 0.1) is 19.4 Å². The van der Waals surface area contributed by atoms with E-state index < -0.39 is 0 Å². The van der Waals surface area contributed by atoms with Gasteiger partial charge in [0, 0.05) is 25.0 Å². The van der Waals surface area contributed by atoms with Crippen molar-refractivity contribution in [2.45, 2.75) is 13.5 Å². The van der Waals surface area contributed by atoms with Crippen LogP contribution in [0, 0.1) is 0 Å². The highest BCUT2D eigenvalue weighted by Crippen LogP contribution is 2.14. The van der Waals surface area contributed by atoms with Gasteiger partial charge in [-0.05, 0) is 48.9 Å². The molecule has 1 amide bonds. The van der Waals surface area contributed by atoms with E-state index >= 15 is 0 Å². The van der Waals surface area contributed by atoms with E-state index in [1.165, 1.54) is 0 Å². The van der Waals surface area contributed by atoms with E-state index in [-0.39, 0.29) is 5.91 Å². The van der Waals surface area contributed by atoms with Gasteiger partial charge >= 0.3 is 0 Å². The number of hydrogen-bond donors (Lipinski definition) is 1. The Hall–Kier alpha value is -3.35. The highest BCUT2D eigenvalue weighted by molar-refractivity contribution is 5.92. The SMILES string of the molecule is CCOc1cc(CNC(=O)c2ccn(-c3ccc(OC)cc3)n2)ccn1. The van der Waals surface area contributed by atoms with Crippen molar-refractivity contribution in [1.82, 2.24) is 20.1 Å². The normalized spacial score (nSPS) is 10.4. The predicted octanol–water partition coefficient (Wildman–Crippen LogP) is 2.60. The average Bonchev–Trinajstić information content (AvgIpc) is 3.17. The Bertz CT molecular complexity index is 875. The first kappa shape index (κ1) is 17.5. The fourth-order valence-corrected chi connectivity index (χ4v) is 2.38. The summed E-state index contributed by atoms with van der Waals surface area (Å²) in [6.45, 7) is 2.82. The van der Waals surface area contributed by atoms with Crippen molar-refractivity contribution >= 4 is 5.91 Å². The van der Waals surface area contributed by atoms with Crippen LogP contribution in [0.15, 0.2) is 54.9 Å². The molecule has 0 aliphatic carbocycles. The molecular formula is C19H20N4O3. The summed E-state index contributed by atoms with van der Waals surface area (Å²) in [7, 11) is 1.62. The van der Waals surface area contributed by atoms with Gasteiger partial charge in [-0.15, -0.1) is 0 Å². The second-order valence-corrected chi connectivity index (χ2v) is 5.46. The summed E-state index contributed by atoms with van der Waals surface area (Å²) >= 11 is 0. The smallest absolute Gasteiger partial charge is 0.272 e. The van der Waals surface area contributed by atoms with Gasteiger partial charge in [0.1, 0.15) is 5.75 Å². The number of pyridine rings is 1. The molecule has 0 aliphatic rings. The monoisotopic (exact) mass is 352 g/mol. The number of carbonyl (C=O) groups excluding carboxylic acids is 1. The number of amides is 1. The lowest BCUT2D eigenvalue weighted by Gasteiger charge is -2.06. The highest BCUT2D eigenvalue weighted by Gasteiger charge is 2.10. The maximum Gasteiger partial charge on any atom is 0.272 e. The summed E-state index contributed by atoms with van der Waals surface area (Å²) in [5.74, 6) is 1.07. The van der Waals surface area contributed by atoms with Gasteiger partial charge in [-0.25, -0.2) is 9.67 Å². The van der Waals surface area contributed by atoms with Crippen molar-refractivity contribution in [3.63, 3.8) is 0 Å². The van der Waals surface area contributed by atoms with Crippen LogP contribution in [-0.4, -0.2) is 34.4 Å². The Kier molecular flexibility index (Phi) is 5.48. The first-order chi connectivity index (χ1) is 12.7. The molecule has 7 nitrogen and oxygen atoms in total. The molecule has 0 aliphatic heterocycles. The summed E-state index contributed by atoms with van der Waals surface area (Å²) < 4.78 is 12.1. The molecule has 0 fully saturated rings. The molecule has 3 rings (SSSR count). The molecule has 0 atom stereocenters. The highest BCUT2D eigenvalue weighted by atomic mass is 16.5. The fourth-order valence-electron chi connectivity index (χ4n) is 2.38. The molecule has 1 N–H and O–H groups in total. The number of carbonyl (C=O) groups is 1. The first-order valence-corrected chi connectivity index (χ1v) is 8.25. The number of ether oxygens (including phenoxy) is 2. The van der Waals surface area contributed by atoms with Crippen LogP contribution >= 0.6 is 0 Å². The topological polar surface area (TPSA) is 78.3 Å². The van der Waals surface area contributed by atoms with E-state index in [2.05, 4.69) is 15.4 Å². The summed E-state index contributed by atoms with van der Waals surface area (Å²) in [6.07, 6.45) is 3.40. The minimum Gasteiger partial charge on any atom is -0.497 e. The molecule has 3 aromatic rings. The second-order valence-electron chi connectivity index (χ2n) is 5.46. The van der Waals surface area contributed by atoms with Crippen molar-refractivity contribution < 1.29 is 14.3 Å². The zero-order valence-electron chi connectivity index (χ0n) is 14.7. The van der Waals surface area contributed by atoms with Crippen molar-refractivity contribution in [3.05, 3.63) is 66.1 Å². The summed E-state index contributed by atoms with van der Waals surface area (Å²) in [6, 6.07) is 12.8. The summed E-state index contributed by atoms with van der Waals surface area (Å²) in [5.41, 5.74) is 2.10. The van der Waals surface area contributed by atoms with Gasteiger partial charge in [0.25, 0.3) is 5.91 Å². The second kappa shape index (κ2) is 8.15. The van der Waals surface area contributed by atoms with E-state index in [4.69, 9.17) is 9.47 Å². The molecule has 0 unspecified atom stereocenters. The molecule has 2 aromatic heterocycles. The lowest BCUT2D eigenvalue weighted by atomic mass is 10.2. The molecule has 0 saturated heterocycles. The number of hydrogen-bond acceptors (Lipinski definition) is 5. The van der Waals surface area contributed by atoms with E-state index in [0.29, 0.717) is 24.7 Å². The van der Waals surface area contributed by atoms with Gasteiger partial charge in [-0.1, -0.05) is 0 Å². The molecule has 0 spiro atoms. The van der Waals surface area contributed by atoms with Crippen LogP contribution in [-0.2, 0) is 6.54 Å². The number of methoxy groups -OCH3 is 1. The number of nitrogens with one attached hydrogen (secondary N) is 1. The van der Waals surface area contributed by atoms with Gasteiger partial charge in [0.15, 0.2) is 5.69 Å². The average molecular weight is 352 g/mol. The van der Waals surface area contributed by atoms with Crippen molar-refractivity contribution in [2.75, 3.05) is 13.7 Å². The van der Waals surface area contributed by atoms with E-state index in [1.54, 1.807) is 36.3 Å².